The van der Waals surface area contributed by atoms with Crippen LogP contribution in [-0.2, 0) is 9.53 Å². The van der Waals surface area contributed by atoms with Crippen LogP contribution in [-0.4, -0.2) is 25.7 Å². The van der Waals surface area contributed by atoms with Crippen molar-refractivity contribution in [3.05, 3.63) is 23.8 Å². The van der Waals surface area contributed by atoms with Crippen molar-refractivity contribution in [2.24, 2.45) is 5.92 Å². The third kappa shape index (κ3) is 3.23. The Kier molecular flexibility index (Phi) is 5.04. The highest BCUT2D eigenvalue weighted by atomic mass is 16.5. The molecule has 1 aliphatic rings. The summed E-state index contributed by atoms with van der Waals surface area (Å²) >= 11 is 0. The number of anilines is 1. The number of amides is 1. The van der Waals surface area contributed by atoms with Crippen LogP contribution in [0.25, 0.3) is 0 Å². The van der Waals surface area contributed by atoms with Crippen LogP contribution in [0.15, 0.2) is 18.2 Å². The number of carbonyl (C=O) groups is 1. The van der Waals surface area contributed by atoms with Gasteiger partial charge in [0.15, 0.2) is 0 Å². The van der Waals surface area contributed by atoms with Crippen LogP contribution < -0.4 is 10.1 Å². The lowest BCUT2D eigenvalue weighted by molar-refractivity contribution is -0.143. The number of carbonyl (C=O) groups excluding carboxylic acids is 1. The van der Waals surface area contributed by atoms with Gasteiger partial charge >= 0.3 is 0 Å². The van der Waals surface area contributed by atoms with E-state index in [1.165, 1.54) is 7.11 Å². The summed E-state index contributed by atoms with van der Waals surface area (Å²) in [6, 6.07) is 7.09. The molecule has 0 bridgehead atoms. The monoisotopic (exact) mass is 302 g/mol. The fraction of sp³-hybridized carbons (Fsp3) is 0.529. The van der Waals surface area contributed by atoms with Crippen LogP contribution in [0.2, 0.25) is 0 Å². The first-order chi connectivity index (χ1) is 10.5. The lowest BCUT2D eigenvalue weighted by Gasteiger charge is -2.37. The number of hydrogen-bond acceptors (Lipinski definition) is 4. The second-order valence-electron chi connectivity index (χ2n) is 5.88. The van der Waals surface area contributed by atoms with Crippen LogP contribution >= 0.6 is 0 Å². The fourth-order valence-corrected chi connectivity index (χ4v) is 3.11. The summed E-state index contributed by atoms with van der Waals surface area (Å²) in [6.45, 7) is 2.14. The van der Waals surface area contributed by atoms with Crippen LogP contribution in [0.3, 0.4) is 0 Å². The average molecular weight is 302 g/mol. The molecule has 118 valence electrons. The molecule has 1 aromatic carbocycles. The second-order valence-corrected chi connectivity index (χ2v) is 5.88. The normalized spacial score (nSPS) is 24.4. The minimum absolute atomic E-state index is 0.143. The smallest absolute Gasteiger partial charge is 0.256 e. The molecular formula is C17H22N2O3. The molecule has 0 spiro atoms. The molecule has 1 aromatic rings. The molecule has 2 atom stereocenters. The van der Waals surface area contributed by atoms with E-state index in [-0.39, 0.29) is 5.91 Å². The van der Waals surface area contributed by atoms with E-state index >= 15 is 0 Å². The summed E-state index contributed by atoms with van der Waals surface area (Å²) in [4.78, 5) is 12.7. The standard InChI is InChI=1S/C17H22N2O3/c1-12-5-4-8-17(10-12,22-3)16(20)19-14-6-7-15(21-2)13(9-14)11-18/h6-7,9,12H,4-5,8,10H2,1-3H3,(H,19,20)/t12-,17-/m1/s1. The number of benzene rings is 1. The van der Waals surface area contributed by atoms with Gasteiger partial charge < -0.3 is 14.8 Å². The van der Waals surface area contributed by atoms with Crippen LogP contribution in [0.4, 0.5) is 5.69 Å². The summed E-state index contributed by atoms with van der Waals surface area (Å²) in [6.07, 6.45) is 3.55. The van der Waals surface area contributed by atoms with Crippen molar-refractivity contribution in [2.45, 2.75) is 38.2 Å². The molecule has 22 heavy (non-hydrogen) atoms. The van der Waals surface area contributed by atoms with E-state index in [4.69, 9.17) is 14.7 Å². The summed E-state index contributed by atoms with van der Waals surface area (Å²) in [5, 5.41) is 12.0. The van der Waals surface area contributed by atoms with E-state index in [1.807, 2.05) is 0 Å². The SMILES string of the molecule is COc1ccc(NC(=O)[C@@]2(OC)CCC[C@@H](C)C2)cc1C#N. The van der Waals surface area contributed by atoms with E-state index in [9.17, 15) is 4.79 Å². The summed E-state index contributed by atoms with van der Waals surface area (Å²) in [5.74, 6) is 0.814. The lowest BCUT2D eigenvalue weighted by Crippen LogP contribution is -2.47. The number of hydrogen-bond donors (Lipinski definition) is 1. The second kappa shape index (κ2) is 6.80. The fourth-order valence-electron chi connectivity index (χ4n) is 3.11. The topological polar surface area (TPSA) is 71.3 Å². The van der Waals surface area contributed by atoms with E-state index in [0.717, 1.165) is 25.7 Å². The van der Waals surface area contributed by atoms with Crippen LogP contribution in [0.1, 0.15) is 38.2 Å². The van der Waals surface area contributed by atoms with Crippen molar-refractivity contribution in [2.75, 3.05) is 19.5 Å². The van der Waals surface area contributed by atoms with Gasteiger partial charge in [0.25, 0.3) is 5.91 Å². The number of methoxy groups -OCH3 is 2. The van der Waals surface area contributed by atoms with Gasteiger partial charge in [0, 0.05) is 12.8 Å². The average Bonchev–Trinajstić information content (AvgIpc) is 2.54. The molecule has 1 saturated carbocycles. The molecule has 1 fully saturated rings. The molecule has 5 heteroatoms. The minimum atomic E-state index is -0.773. The molecule has 1 amide bonds. The van der Waals surface area contributed by atoms with Gasteiger partial charge in [-0.2, -0.15) is 5.26 Å². The van der Waals surface area contributed by atoms with Crippen LogP contribution in [0, 0.1) is 17.2 Å². The Bertz CT molecular complexity index is 594. The maximum atomic E-state index is 12.7. The van der Waals surface area contributed by atoms with E-state index in [0.29, 0.717) is 22.9 Å². The van der Waals surface area contributed by atoms with E-state index in [2.05, 4.69) is 18.3 Å². The van der Waals surface area contributed by atoms with Gasteiger partial charge in [0.05, 0.1) is 12.7 Å². The number of rotatable bonds is 4. The minimum Gasteiger partial charge on any atom is -0.495 e. The molecule has 0 unspecified atom stereocenters. The zero-order valence-corrected chi connectivity index (χ0v) is 13.3. The summed E-state index contributed by atoms with van der Waals surface area (Å²) in [5.41, 5.74) is 0.200. The molecule has 0 aliphatic heterocycles. The van der Waals surface area contributed by atoms with Crippen molar-refractivity contribution in [1.82, 2.24) is 0 Å². The maximum Gasteiger partial charge on any atom is 0.256 e. The third-order valence-electron chi connectivity index (χ3n) is 4.34. The highest BCUT2D eigenvalue weighted by molar-refractivity contribution is 5.97. The molecule has 5 nitrogen and oxygen atoms in total. The van der Waals surface area contributed by atoms with E-state index < -0.39 is 5.60 Å². The molecule has 0 saturated heterocycles. The highest BCUT2D eigenvalue weighted by Crippen LogP contribution is 2.36. The van der Waals surface area contributed by atoms with Gasteiger partial charge in [0.2, 0.25) is 0 Å². The van der Waals surface area contributed by atoms with E-state index in [1.54, 1.807) is 25.3 Å². The van der Waals surface area contributed by atoms with Crippen molar-refractivity contribution in [3.63, 3.8) is 0 Å². The molecule has 2 rings (SSSR count). The zero-order valence-electron chi connectivity index (χ0n) is 13.3. The maximum absolute atomic E-state index is 12.7. The quantitative estimate of drug-likeness (QED) is 0.927. The van der Waals surface area contributed by atoms with Crippen molar-refractivity contribution in [3.8, 4) is 11.8 Å². The number of ether oxygens (including phenoxy) is 2. The molecule has 0 radical (unpaired) electrons. The van der Waals surface area contributed by atoms with Crippen molar-refractivity contribution >= 4 is 11.6 Å². The van der Waals surface area contributed by atoms with Crippen molar-refractivity contribution < 1.29 is 14.3 Å². The number of nitrogens with one attached hydrogen (secondary N) is 1. The Balaban J connectivity index is 2.19. The predicted molar refractivity (Wildman–Crippen MR) is 83.7 cm³/mol. The third-order valence-corrected chi connectivity index (χ3v) is 4.34. The van der Waals surface area contributed by atoms with Gasteiger partial charge in [-0.3, -0.25) is 4.79 Å². The van der Waals surface area contributed by atoms with Crippen molar-refractivity contribution in [1.29, 1.82) is 5.26 Å². The summed E-state index contributed by atoms with van der Waals surface area (Å²) in [7, 11) is 3.10. The Morgan fingerprint density at radius 1 is 1.45 bits per heavy atom. The molecule has 0 heterocycles. The molecule has 0 aromatic heterocycles. The first-order valence-electron chi connectivity index (χ1n) is 7.49. The summed E-state index contributed by atoms with van der Waals surface area (Å²) < 4.78 is 10.7. The van der Waals surface area contributed by atoms with Gasteiger partial charge in [-0.05, 0) is 43.4 Å². The Hall–Kier alpha value is -2.06. The first kappa shape index (κ1) is 16.3. The van der Waals surface area contributed by atoms with Crippen LogP contribution in [0.5, 0.6) is 5.75 Å². The molecule has 1 aliphatic carbocycles. The van der Waals surface area contributed by atoms with Gasteiger partial charge in [-0.25, -0.2) is 0 Å². The Morgan fingerprint density at radius 2 is 2.23 bits per heavy atom. The van der Waals surface area contributed by atoms with Gasteiger partial charge in [-0.1, -0.05) is 13.3 Å². The first-order valence-corrected chi connectivity index (χ1v) is 7.49. The number of nitrogens with zero attached hydrogens (tertiary/aromatic N) is 1. The predicted octanol–water partition coefficient (Wildman–Crippen LogP) is 3.10. The zero-order chi connectivity index (χ0) is 16.2. The Labute approximate surface area is 131 Å². The molecule has 1 N–H and O–H groups in total. The largest absolute Gasteiger partial charge is 0.495 e. The lowest BCUT2D eigenvalue weighted by atomic mass is 9.78. The highest BCUT2D eigenvalue weighted by Gasteiger charge is 2.42. The molecular weight excluding hydrogens is 280 g/mol. The van der Waals surface area contributed by atoms with Gasteiger partial charge in [0.1, 0.15) is 17.4 Å². The Morgan fingerprint density at radius 3 is 2.82 bits per heavy atom. The van der Waals surface area contributed by atoms with Gasteiger partial charge in [-0.15, -0.1) is 0 Å². The number of nitriles is 1.